The number of hydrogen-bond donors (Lipinski definition) is 1. The van der Waals surface area contributed by atoms with E-state index in [0.717, 1.165) is 44.3 Å². The number of rotatable bonds is 7. The van der Waals surface area contributed by atoms with Crippen molar-refractivity contribution in [1.82, 2.24) is 14.8 Å². The van der Waals surface area contributed by atoms with Crippen LogP contribution in [0.2, 0.25) is 0 Å². The van der Waals surface area contributed by atoms with Gasteiger partial charge in [-0.1, -0.05) is 13.3 Å². The highest BCUT2D eigenvalue weighted by molar-refractivity contribution is 5.95. The molecule has 2 rings (SSSR count). The number of amides is 1. The van der Waals surface area contributed by atoms with E-state index in [0.29, 0.717) is 31.1 Å². The van der Waals surface area contributed by atoms with Crippen LogP contribution in [0.15, 0.2) is 17.1 Å². The molecule has 1 saturated heterocycles. The summed E-state index contributed by atoms with van der Waals surface area (Å²) < 4.78 is 1.73. The quantitative estimate of drug-likeness (QED) is 0.804. The predicted molar refractivity (Wildman–Crippen MR) is 105 cm³/mol. The van der Waals surface area contributed by atoms with Gasteiger partial charge in [0, 0.05) is 25.8 Å². The Morgan fingerprint density at radius 2 is 2.16 bits per heavy atom. The van der Waals surface area contributed by atoms with Crippen molar-refractivity contribution in [1.29, 1.82) is 0 Å². The first-order valence-corrected chi connectivity index (χ1v) is 9.28. The zero-order chi connectivity index (χ0) is 17.5. The SMILES string of the molecule is CCCCN(CC)C(=O)c1c(C)ccn(CC2CCCNC2)c1=O.Cl. The van der Waals surface area contributed by atoms with E-state index in [2.05, 4.69) is 12.2 Å². The molecule has 0 aromatic carbocycles. The number of carbonyl (C=O) groups is 1. The molecular formula is C19H32ClN3O2. The average Bonchev–Trinajstić information content (AvgIpc) is 2.59. The second-order valence-corrected chi connectivity index (χ2v) is 6.78. The zero-order valence-corrected chi connectivity index (χ0v) is 16.5. The van der Waals surface area contributed by atoms with Gasteiger partial charge in [0.2, 0.25) is 0 Å². The summed E-state index contributed by atoms with van der Waals surface area (Å²) in [5.41, 5.74) is 0.984. The molecule has 0 spiro atoms. The van der Waals surface area contributed by atoms with Crippen molar-refractivity contribution in [3.63, 3.8) is 0 Å². The van der Waals surface area contributed by atoms with Crippen LogP contribution in [0.5, 0.6) is 0 Å². The van der Waals surface area contributed by atoms with Crippen LogP contribution < -0.4 is 10.9 Å². The number of pyridine rings is 1. The Morgan fingerprint density at radius 1 is 1.40 bits per heavy atom. The molecule has 1 aliphatic rings. The molecular weight excluding hydrogens is 338 g/mol. The third-order valence-corrected chi connectivity index (χ3v) is 4.89. The van der Waals surface area contributed by atoms with Gasteiger partial charge < -0.3 is 14.8 Å². The number of piperidine rings is 1. The predicted octanol–water partition coefficient (Wildman–Crippen LogP) is 2.84. The number of nitrogens with one attached hydrogen (secondary N) is 1. The van der Waals surface area contributed by atoms with Crippen LogP contribution in [0.25, 0.3) is 0 Å². The van der Waals surface area contributed by atoms with Gasteiger partial charge in [-0.25, -0.2) is 0 Å². The fourth-order valence-corrected chi connectivity index (χ4v) is 3.34. The highest BCUT2D eigenvalue weighted by Crippen LogP contribution is 2.13. The van der Waals surface area contributed by atoms with E-state index in [9.17, 15) is 9.59 Å². The van der Waals surface area contributed by atoms with Crippen LogP contribution >= 0.6 is 12.4 Å². The molecule has 2 heterocycles. The number of unbranched alkanes of at least 4 members (excludes halogenated alkanes) is 1. The minimum atomic E-state index is -0.138. The lowest BCUT2D eigenvalue weighted by molar-refractivity contribution is 0.0759. The molecule has 1 atom stereocenters. The molecule has 0 bridgehead atoms. The Morgan fingerprint density at radius 3 is 2.76 bits per heavy atom. The van der Waals surface area contributed by atoms with Crippen molar-refractivity contribution < 1.29 is 4.79 Å². The summed E-state index contributed by atoms with van der Waals surface area (Å²) >= 11 is 0. The molecule has 1 fully saturated rings. The van der Waals surface area contributed by atoms with Gasteiger partial charge in [0.15, 0.2) is 0 Å². The highest BCUT2D eigenvalue weighted by Gasteiger charge is 2.22. The molecule has 0 radical (unpaired) electrons. The number of carbonyl (C=O) groups excluding carboxylic acids is 1. The molecule has 1 aliphatic heterocycles. The molecule has 5 nitrogen and oxygen atoms in total. The zero-order valence-electron chi connectivity index (χ0n) is 15.7. The van der Waals surface area contributed by atoms with Gasteiger partial charge in [0.25, 0.3) is 11.5 Å². The van der Waals surface area contributed by atoms with Crippen LogP contribution in [0.1, 0.15) is 55.5 Å². The fourth-order valence-electron chi connectivity index (χ4n) is 3.34. The van der Waals surface area contributed by atoms with E-state index in [-0.39, 0.29) is 23.9 Å². The molecule has 1 unspecified atom stereocenters. The second kappa shape index (κ2) is 10.6. The van der Waals surface area contributed by atoms with E-state index in [1.807, 2.05) is 26.1 Å². The lowest BCUT2D eigenvalue weighted by atomic mass is 9.99. The minimum Gasteiger partial charge on any atom is -0.339 e. The molecule has 1 N–H and O–H groups in total. The Labute approximate surface area is 157 Å². The van der Waals surface area contributed by atoms with E-state index in [4.69, 9.17) is 0 Å². The van der Waals surface area contributed by atoms with Gasteiger partial charge in [-0.3, -0.25) is 9.59 Å². The standard InChI is InChI=1S/C19H31N3O2.ClH/c1-4-6-11-21(5-2)18(23)17-15(3)9-12-22(19(17)24)14-16-8-7-10-20-13-16;/h9,12,16,20H,4-8,10-11,13-14H2,1-3H3;1H. The summed E-state index contributed by atoms with van der Waals surface area (Å²) in [6, 6.07) is 1.90. The third-order valence-electron chi connectivity index (χ3n) is 4.89. The van der Waals surface area contributed by atoms with E-state index >= 15 is 0 Å². The monoisotopic (exact) mass is 369 g/mol. The lowest BCUT2D eigenvalue weighted by Gasteiger charge is -2.25. The maximum atomic E-state index is 12.9. The number of aryl methyl sites for hydroxylation is 1. The van der Waals surface area contributed by atoms with Crippen molar-refractivity contribution in [2.75, 3.05) is 26.2 Å². The van der Waals surface area contributed by atoms with Crippen molar-refractivity contribution in [3.8, 4) is 0 Å². The van der Waals surface area contributed by atoms with E-state index in [1.54, 1.807) is 9.47 Å². The molecule has 1 aromatic heterocycles. The normalized spacial score (nSPS) is 17.0. The number of nitrogens with zero attached hydrogens (tertiary/aromatic N) is 2. The Kier molecular flexibility index (Phi) is 9.22. The van der Waals surface area contributed by atoms with E-state index < -0.39 is 0 Å². The number of hydrogen-bond acceptors (Lipinski definition) is 3. The van der Waals surface area contributed by atoms with Crippen LogP contribution in [0.4, 0.5) is 0 Å². The minimum absolute atomic E-state index is 0. The van der Waals surface area contributed by atoms with Gasteiger partial charge in [0.05, 0.1) is 0 Å². The first-order chi connectivity index (χ1) is 11.6. The largest absolute Gasteiger partial charge is 0.339 e. The van der Waals surface area contributed by atoms with Crippen molar-refractivity contribution in [3.05, 3.63) is 33.7 Å². The Hall–Kier alpha value is -1.33. The van der Waals surface area contributed by atoms with Crippen LogP contribution in [0.3, 0.4) is 0 Å². The number of halogens is 1. The topological polar surface area (TPSA) is 54.3 Å². The second-order valence-electron chi connectivity index (χ2n) is 6.78. The molecule has 1 aromatic rings. The van der Waals surface area contributed by atoms with Crippen molar-refractivity contribution in [2.45, 2.75) is 53.0 Å². The van der Waals surface area contributed by atoms with Crippen molar-refractivity contribution >= 4 is 18.3 Å². The molecule has 142 valence electrons. The lowest BCUT2D eigenvalue weighted by Crippen LogP contribution is -2.39. The van der Waals surface area contributed by atoms with Crippen LogP contribution in [-0.2, 0) is 6.54 Å². The van der Waals surface area contributed by atoms with Crippen molar-refractivity contribution in [2.24, 2.45) is 5.92 Å². The summed E-state index contributed by atoms with van der Waals surface area (Å²) in [5, 5.41) is 3.38. The van der Waals surface area contributed by atoms with E-state index in [1.165, 1.54) is 0 Å². The first kappa shape index (κ1) is 21.7. The third kappa shape index (κ3) is 5.58. The van der Waals surface area contributed by atoms with Gasteiger partial charge in [-0.2, -0.15) is 0 Å². The summed E-state index contributed by atoms with van der Waals surface area (Å²) in [5.74, 6) is 0.342. The first-order valence-electron chi connectivity index (χ1n) is 9.28. The average molecular weight is 370 g/mol. The molecule has 6 heteroatoms. The van der Waals surface area contributed by atoms with Gasteiger partial charge in [-0.15, -0.1) is 12.4 Å². The molecule has 25 heavy (non-hydrogen) atoms. The Bertz CT molecular complexity index is 609. The molecule has 1 amide bonds. The van der Waals surface area contributed by atoms with Gasteiger partial charge in [0.1, 0.15) is 5.56 Å². The summed E-state index contributed by atoms with van der Waals surface area (Å²) in [6.45, 7) is 9.98. The number of aromatic nitrogens is 1. The summed E-state index contributed by atoms with van der Waals surface area (Å²) in [7, 11) is 0. The maximum absolute atomic E-state index is 12.9. The smallest absolute Gasteiger partial charge is 0.263 e. The van der Waals surface area contributed by atoms with Gasteiger partial charge >= 0.3 is 0 Å². The summed E-state index contributed by atoms with van der Waals surface area (Å²) in [4.78, 5) is 27.6. The maximum Gasteiger partial charge on any atom is 0.263 e. The van der Waals surface area contributed by atoms with Gasteiger partial charge in [-0.05, 0) is 63.7 Å². The molecule has 0 saturated carbocycles. The highest BCUT2D eigenvalue weighted by atomic mass is 35.5. The fraction of sp³-hybridized carbons (Fsp3) is 0.684. The van der Waals surface area contributed by atoms with Crippen LogP contribution in [-0.4, -0.2) is 41.6 Å². The summed E-state index contributed by atoms with van der Waals surface area (Å²) in [6.07, 6.45) is 6.13. The molecule has 0 aliphatic carbocycles. The Balaban J connectivity index is 0.00000312. The van der Waals surface area contributed by atoms with Crippen LogP contribution in [0, 0.1) is 12.8 Å².